The minimum Gasteiger partial charge on any atom is -0.376 e. The number of unbranched alkanes of at least 4 members (excludes halogenated alkanes) is 12. The van der Waals surface area contributed by atoms with E-state index in [2.05, 4.69) is 34.3 Å². The number of rotatable bonds is 19. The highest BCUT2D eigenvalue weighted by Crippen LogP contribution is 2.46. The molecule has 0 aliphatic carbocycles. The van der Waals surface area contributed by atoms with Gasteiger partial charge in [-0.2, -0.15) is 0 Å². The molecule has 1 saturated heterocycles. The van der Waals surface area contributed by atoms with E-state index in [1.54, 1.807) is 0 Å². The van der Waals surface area contributed by atoms with Gasteiger partial charge in [-0.1, -0.05) is 109 Å². The lowest BCUT2D eigenvalue weighted by Gasteiger charge is -2.45. The first-order chi connectivity index (χ1) is 14.4. The summed E-state index contributed by atoms with van der Waals surface area (Å²) in [4.78, 5) is 0. The molecule has 1 heteroatoms. The molecule has 178 valence electrons. The predicted molar refractivity (Wildman–Crippen MR) is 135 cm³/mol. The van der Waals surface area contributed by atoms with Gasteiger partial charge in [0.15, 0.2) is 0 Å². The molecule has 0 aromatic rings. The van der Waals surface area contributed by atoms with Crippen LogP contribution in [0.1, 0.15) is 156 Å². The maximum absolute atomic E-state index is 6.10. The van der Waals surface area contributed by atoms with E-state index in [0.717, 1.165) is 6.61 Å². The lowest BCUT2D eigenvalue weighted by Crippen LogP contribution is -2.41. The Morgan fingerprint density at radius 1 is 0.700 bits per heavy atom. The van der Waals surface area contributed by atoms with Crippen LogP contribution in [0.15, 0.2) is 12.2 Å². The van der Waals surface area contributed by atoms with Gasteiger partial charge in [-0.25, -0.2) is 0 Å². The molecule has 1 rings (SSSR count). The van der Waals surface area contributed by atoms with E-state index < -0.39 is 0 Å². The first-order valence-corrected chi connectivity index (χ1v) is 13.7. The van der Waals surface area contributed by atoms with Gasteiger partial charge in [0.25, 0.3) is 0 Å². The second kappa shape index (κ2) is 16.3. The predicted octanol–water partition coefficient (Wildman–Crippen LogP) is 10.2. The average molecular weight is 421 g/mol. The summed E-state index contributed by atoms with van der Waals surface area (Å²) in [7, 11) is 0. The van der Waals surface area contributed by atoms with Crippen LogP contribution in [0.2, 0.25) is 0 Å². The minimum absolute atomic E-state index is 0.0548. The fourth-order valence-electron chi connectivity index (χ4n) is 5.49. The van der Waals surface area contributed by atoms with Crippen molar-refractivity contribution in [3.63, 3.8) is 0 Å². The second-order valence-corrected chi connectivity index (χ2v) is 11.0. The maximum Gasteiger partial charge on any atom is 0.0631 e. The molecule has 1 heterocycles. The third-order valence-corrected chi connectivity index (χ3v) is 7.38. The first kappa shape index (κ1) is 27.7. The van der Waals surface area contributed by atoms with Gasteiger partial charge in [-0.15, -0.1) is 0 Å². The Hall–Kier alpha value is -0.300. The van der Waals surface area contributed by atoms with Crippen molar-refractivity contribution < 1.29 is 4.74 Å². The molecule has 0 saturated carbocycles. The number of ether oxygens (including phenoxy) is 1. The average Bonchev–Trinajstić information content (AvgIpc) is 2.70. The highest BCUT2D eigenvalue weighted by Gasteiger charge is 2.39. The Kier molecular flexibility index (Phi) is 15.1. The van der Waals surface area contributed by atoms with Gasteiger partial charge in [0.2, 0.25) is 0 Å². The first-order valence-electron chi connectivity index (χ1n) is 13.7. The standard InChI is InChI=1S/C29H56O/c1-6-8-10-12-14-16-18-20-27(3)21-23-29(24-25-30-28(4,5)26-29)22-19-17-15-13-11-9-7-2/h3,6-26H2,1-2,4-5H3. The van der Waals surface area contributed by atoms with E-state index in [1.165, 1.54) is 134 Å². The third-order valence-electron chi connectivity index (χ3n) is 7.38. The van der Waals surface area contributed by atoms with Crippen molar-refractivity contribution >= 4 is 0 Å². The Labute approximate surface area is 190 Å². The van der Waals surface area contributed by atoms with Crippen molar-refractivity contribution in [3.05, 3.63) is 12.2 Å². The van der Waals surface area contributed by atoms with Crippen molar-refractivity contribution in [2.75, 3.05) is 6.61 Å². The fourth-order valence-corrected chi connectivity index (χ4v) is 5.49. The Bertz CT molecular complexity index is 424. The molecule has 1 unspecified atom stereocenters. The van der Waals surface area contributed by atoms with Crippen molar-refractivity contribution in [3.8, 4) is 0 Å². The molecule has 1 aliphatic rings. The van der Waals surface area contributed by atoms with Crippen molar-refractivity contribution in [1.82, 2.24) is 0 Å². The Balaban J connectivity index is 2.33. The molecule has 0 N–H and O–H groups in total. The van der Waals surface area contributed by atoms with Crippen LogP contribution in [0.25, 0.3) is 0 Å². The molecular formula is C29H56O. The Morgan fingerprint density at radius 2 is 1.23 bits per heavy atom. The summed E-state index contributed by atoms with van der Waals surface area (Å²) in [5.74, 6) is 0. The number of hydrogen-bond acceptors (Lipinski definition) is 1. The van der Waals surface area contributed by atoms with Gasteiger partial charge in [-0.3, -0.25) is 0 Å². The molecule has 0 aromatic heterocycles. The van der Waals surface area contributed by atoms with Gasteiger partial charge >= 0.3 is 0 Å². The Morgan fingerprint density at radius 3 is 1.80 bits per heavy atom. The zero-order chi connectivity index (χ0) is 22.1. The van der Waals surface area contributed by atoms with Gasteiger partial charge < -0.3 is 4.74 Å². The lowest BCUT2D eigenvalue weighted by molar-refractivity contribution is -0.110. The van der Waals surface area contributed by atoms with Crippen LogP contribution in [0.5, 0.6) is 0 Å². The molecule has 1 nitrogen and oxygen atoms in total. The highest BCUT2D eigenvalue weighted by atomic mass is 16.5. The SMILES string of the molecule is C=C(CCCCCCCCC)CCC1(CCCCCCCCC)CCOC(C)(C)C1. The van der Waals surface area contributed by atoms with E-state index >= 15 is 0 Å². The monoisotopic (exact) mass is 420 g/mol. The molecule has 0 amide bonds. The number of allylic oxidation sites excluding steroid dienone is 1. The zero-order valence-corrected chi connectivity index (χ0v) is 21.5. The molecule has 0 radical (unpaired) electrons. The zero-order valence-electron chi connectivity index (χ0n) is 21.5. The van der Waals surface area contributed by atoms with Gasteiger partial charge in [0.1, 0.15) is 0 Å². The van der Waals surface area contributed by atoms with Crippen LogP contribution in [0, 0.1) is 5.41 Å². The van der Waals surface area contributed by atoms with Crippen LogP contribution in [-0.2, 0) is 4.74 Å². The van der Waals surface area contributed by atoms with Crippen molar-refractivity contribution in [2.45, 2.75) is 162 Å². The lowest BCUT2D eigenvalue weighted by atomic mass is 9.67. The maximum atomic E-state index is 6.10. The summed E-state index contributed by atoms with van der Waals surface area (Å²) in [6.07, 6.45) is 27.4. The summed E-state index contributed by atoms with van der Waals surface area (Å²) in [6.45, 7) is 14.6. The van der Waals surface area contributed by atoms with E-state index in [1.807, 2.05) is 0 Å². The fraction of sp³-hybridized carbons (Fsp3) is 0.931. The van der Waals surface area contributed by atoms with Gasteiger partial charge in [0, 0.05) is 6.61 Å². The molecule has 1 aliphatic heterocycles. The summed E-state index contributed by atoms with van der Waals surface area (Å²) in [6, 6.07) is 0. The van der Waals surface area contributed by atoms with Crippen LogP contribution in [0.3, 0.4) is 0 Å². The largest absolute Gasteiger partial charge is 0.376 e. The molecule has 0 spiro atoms. The molecule has 0 aromatic carbocycles. The van der Waals surface area contributed by atoms with E-state index in [0.29, 0.717) is 5.41 Å². The smallest absolute Gasteiger partial charge is 0.0631 e. The molecule has 1 atom stereocenters. The van der Waals surface area contributed by atoms with E-state index in [-0.39, 0.29) is 5.60 Å². The van der Waals surface area contributed by atoms with Gasteiger partial charge in [0.05, 0.1) is 5.60 Å². The van der Waals surface area contributed by atoms with E-state index in [9.17, 15) is 0 Å². The van der Waals surface area contributed by atoms with Crippen LogP contribution < -0.4 is 0 Å². The quantitative estimate of drug-likeness (QED) is 0.149. The molecular weight excluding hydrogens is 364 g/mol. The van der Waals surface area contributed by atoms with Gasteiger partial charge in [-0.05, 0) is 64.2 Å². The summed E-state index contributed by atoms with van der Waals surface area (Å²) in [5.41, 5.74) is 2.06. The van der Waals surface area contributed by atoms with E-state index in [4.69, 9.17) is 4.74 Å². The summed E-state index contributed by atoms with van der Waals surface area (Å²) >= 11 is 0. The highest BCUT2D eigenvalue weighted by molar-refractivity contribution is 4.98. The number of hydrogen-bond donors (Lipinski definition) is 0. The van der Waals surface area contributed by atoms with Crippen molar-refractivity contribution in [1.29, 1.82) is 0 Å². The topological polar surface area (TPSA) is 9.23 Å². The summed E-state index contributed by atoms with van der Waals surface area (Å²) in [5, 5.41) is 0. The minimum atomic E-state index is 0.0548. The van der Waals surface area contributed by atoms with Crippen LogP contribution in [-0.4, -0.2) is 12.2 Å². The molecule has 1 fully saturated rings. The van der Waals surface area contributed by atoms with Crippen molar-refractivity contribution in [2.24, 2.45) is 5.41 Å². The molecule has 30 heavy (non-hydrogen) atoms. The summed E-state index contributed by atoms with van der Waals surface area (Å²) < 4.78 is 6.10. The van der Waals surface area contributed by atoms with Crippen LogP contribution >= 0.6 is 0 Å². The molecule has 0 bridgehead atoms. The second-order valence-electron chi connectivity index (χ2n) is 11.0. The van der Waals surface area contributed by atoms with Crippen LogP contribution in [0.4, 0.5) is 0 Å². The third kappa shape index (κ3) is 13.2. The normalized spacial score (nSPS) is 21.1.